The van der Waals surface area contributed by atoms with Crippen molar-refractivity contribution in [3.63, 3.8) is 0 Å². The van der Waals surface area contributed by atoms with Crippen LogP contribution in [0.4, 0.5) is 0 Å². The van der Waals surface area contributed by atoms with Crippen LogP contribution < -0.4 is 0 Å². The molecule has 0 aromatic heterocycles. The Balaban J connectivity index is 3.04. The topological polar surface area (TPSA) is 12.4 Å². The Morgan fingerprint density at radius 1 is 1.56 bits per heavy atom. The summed E-state index contributed by atoms with van der Waals surface area (Å²) in [6.45, 7) is 5.23. The van der Waals surface area contributed by atoms with E-state index < -0.39 is 0 Å². The van der Waals surface area contributed by atoms with E-state index in [9.17, 15) is 0 Å². The molecule has 0 N–H and O–H groups in total. The van der Waals surface area contributed by atoms with E-state index >= 15 is 0 Å². The summed E-state index contributed by atoms with van der Waals surface area (Å²) < 4.78 is 0. The molecule has 0 spiro atoms. The number of alkyl halides is 1. The lowest BCUT2D eigenvalue weighted by Crippen LogP contribution is -1.89. The molecule has 2 heteroatoms. The second kappa shape index (κ2) is 6.27. The van der Waals surface area contributed by atoms with Gasteiger partial charge in [-0.2, -0.15) is 0 Å². The number of halogens is 1. The monoisotopic (exact) mass is 191 g/mol. The minimum absolute atomic E-state index is 0.598. The third-order valence-corrected chi connectivity index (χ3v) is 1.39. The molecule has 0 saturated carbocycles. The summed E-state index contributed by atoms with van der Waals surface area (Å²) in [6.07, 6.45) is 3.14. The Morgan fingerprint density at radius 2 is 2.22 bits per heavy atom. The maximum absolute atomic E-state index is 4.21. The lowest BCUT2D eigenvalue weighted by Gasteiger charge is -1.91. The molecule has 0 heterocycles. The number of rotatable bonds is 4. The second-order valence-corrected chi connectivity index (χ2v) is 3.13. The van der Waals surface area contributed by atoms with Gasteiger partial charge in [-0.25, -0.2) is 0 Å². The lowest BCUT2D eigenvalue weighted by atomic mass is 10.2. The van der Waals surface area contributed by atoms with Crippen molar-refractivity contribution < 1.29 is 0 Å². The van der Waals surface area contributed by atoms with E-state index in [0.29, 0.717) is 5.92 Å². The molecule has 1 nitrogen and oxygen atoms in total. The van der Waals surface area contributed by atoms with Crippen LogP contribution in [0.25, 0.3) is 0 Å². The predicted molar refractivity (Wildman–Crippen MR) is 46.6 cm³/mol. The molecule has 0 unspecified atom stereocenters. The van der Waals surface area contributed by atoms with Crippen molar-refractivity contribution in [3.8, 4) is 0 Å². The van der Waals surface area contributed by atoms with E-state index in [2.05, 4.69) is 34.8 Å². The summed E-state index contributed by atoms with van der Waals surface area (Å²) in [7, 11) is 0. The summed E-state index contributed by atoms with van der Waals surface area (Å²) in [4.78, 5) is 4.21. The van der Waals surface area contributed by atoms with E-state index in [-0.39, 0.29) is 0 Å². The summed E-state index contributed by atoms with van der Waals surface area (Å²) >= 11 is 3.34. The predicted octanol–water partition coefficient (Wildman–Crippen LogP) is 2.50. The van der Waals surface area contributed by atoms with Gasteiger partial charge in [0.25, 0.3) is 0 Å². The second-order valence-electron chi connectivity index (χ2n) is 2.34. The molecule has 9 heavy (non-hydrogen) atoms. The molecule has 0 fully saturated rings. The van der Waals surface area contributed by atoms with Gasteiger partial charge in [-0.05, 0) is 12.3 Å². The third kappa shape index (κ3) is 8.15. The Morgan fingerprint density at radius 3 is 2.67 bits per heavy atom. The molecular weight excluding hydrogens is 178 g/mol. The zero-order valence-electron chi connectivity index (χ0n) is 6.10. The minimum atomic E-state index is 0.598. The van der Waals surface area contributed by atoms with Crippen LogP contribution in [0, 0.1) is 5.92 Å². The summed E-state index contributed by atoms with van der Waals surface area (Å²) in [5.41, 5.74) is 0. The first-order valence-corrected chi connectivity index (χ1v) is 4.45. The number of aliphatic imine (C=N–C) groups is 1. The fraction of sp³-hybridized carbons (Fsp3) is 0.857. The largest absolute Gasteiger partial charge is 0.297 e. The maximum Gasteiger partial charge on any atom is 0.0393 e. The van der Waals surface area contributed by atoms with E-state index in [0.717, 1.165) is 18.3 Å². The van der Waals surface area contributed by atoms with Crippen molar-refractivity contribution in [2.24, 2.45) is 10.9 Å². The Labute approximate surface area is 65.7 Å². The van der Waals surface area contributed by atoms with Crippen LogP contribution in [0.3, 0.4) is 0 Å². The first-order valence-electron chi connectivity index (χ1n) is 3.33. The Bertz CT molecular complexity index is 79.0. The molecule has 0 aliphatic rings. The van der Waals surface area contributed by atoms with Gasteiger partial charge in [-0.3, -0.25) is 4.99 Å². The third-order valence-electron chi connectivity index (χ3n) is 0.824. The fourth-order valence-corrected chi connectivity index (χ4v) is 0.687. The van der Waals surface area contributed by atoms with Crippen molar-refractivity contribution in [2.45, 2.75) is 20.3 Å². The molecule has 0 atom stereocenters. The van der Waals surface area contributed by atoms with E-state index in [4.69, 9.17) is 0 Å². The van der Waals surface area contributed by atoms with Crippen LogP contribution in [0.1, 0.15) is 20.3 Å². The van der Waals surface area contributed by atoms with Crippen molar-refractivity contribution in [3.05, 3.63) is 0 Å². The van der Waals surface area contributed by atoms with Gasteiger partial charge in [-0.15, -0.1) is 0 Å². The molecule has 0 aromatic rings. The van der Waals surface area contributed by atoms with Crippen LogP contribution >= 0.6 is 15.9 Å². The molecule has 0 rings (SSSR count). The van der Waals surface area contributed by atoms with Crippen molar-refractivity contribution >= 4 is 22.1 Å². The molecule has 54 valence electrons. The molecule has 0 aliphatic carbocycles. The van der Waals surface area contributed by atoms with Crippen LogP contribution in [0.5, 0.6) is 0 Å². The number of hydrogen-bond acceptors (Lipinski definition) is 1. The Hall–Kier alpha value is 0.150. The van der Waals surface area contributed by atoms with Gasteiger partial charge in [0.05, 0.1) is 0 Å². The van der Waals surface area contributed by atoms with Gasteiger partial charge in [0.2, 0.25) is 0 Å². The van der Waals surface area contributed by atoms with Crippen LogP contribution in [0.2, 0.25) is 0 Å². The number of nitrogens with zero attached hydrogens (tertiary/aromatic N) is 1. The SMILES string of the molecule is CC(C)C=NCCCBr. The molecular formula is C7H14BrN. The smallest absolute Gasteiger partial charge is 0.0393 e. The number of hydrogen-bond donors (Lipinski definition) is 0. The average Bonchev–Trinajstić information content (AvgIpc) is 1.80. The first kappa shape index (κ1) is 9.15. The Kier molecular flexibility index (Phi) is 6.38. The van der Waals surface area contributed by atoms with Gasteiger partial charge in [0, 0.05) is 18.1 Å². The zero-order chi connectivity index (χ0) is 7.11. The van der Waals surface area contributed by atoms with Crippen molar-refractivity contribution in [1.29, 1.82) is 0 Å². The lowest BCUT2D eigenvalue weighted by molar-refractivity contribution is 0.878. The normalized spacial score (nSPS) is 11.6. The van der Waals surface area contributed by atoms with Gasteiger partial charge in [0.1, 0.15) is 0 Å². The summed E-state index contributed by atoms with van der Waals surface area (Å²) in [5.74, 6) is 0.598. The highest BCUT2D eigenvalue weighted by Gasteiger charge is 1.83. The van der Waals surface area contributed by atoms with Gasteiger partial charge >= 0.3 is 0 Å². The maximum atomic E-state index is 4.21. The average molecular weight is 192 g/mol. The zero-order valence-corrected chi connectivity index (χ0v) is 7.69. The van der Waals surface area contributed by atoms with Crippen LogP contribution in [-0.2, 0) is 0 Å². The molecule has 0 aromatic carbocycles. The fourth-order valence-electron chi connectivity index (χ4n) is 0.436. The summed E-state index contributed by atoms with van der Waals surface area (Å²) in [6, 6.07) is 0. The van der Waals surface area contributed by atoms with Crippen LogP contribution in [-0.4, -0.2) is 18.1 Å². The molecule has 0 bridgehead atoms. The van der Waals surface area contributed by atoms with Gasteiger partial charge in [-0.1, -0.05) is 29.8 Å². The molecule has 0 radical (unpaired) electrons. The van der Waals surface area contributed by atoms with Crippen LogP contribution in [0.15, 0.2) is 4.99 Å². The van der Waals surface area contributed by atoms with E-state index in [1.165, 1.54) is 0 Å². The van der Waals surface area contributed by atoms with Crippen molar-refractivity contribution in [1.82, 2.24) is 0 Å². The van der Waals surface area contributed by atoms with E-state index in [1.54, 1.807) is 0 Å². The van der Waals surface area contributed by atoms with Crippen molar-refractivity contribution in [2.75, 3.05) is 11.9 Å². The summed E-state index contributed by atoms with van der Waals surface area (Å²) in [5, 5.41) is 1.06. The molecule has 0 saturated heterocycles. The standard InChI is InChI=1S/C7H14BrN/c1-7(2)6-9-5-3-4-8/h6-7H,3-5H2,1-2H3. The molecule has 0 amide bonds. The van der Waals surface area contributed by atoms with Gasteiger partial charge in [0.15, 0.2) is 0 Å². The van der Waals surface area contributed by atoms with E-state index in [1.807, 2.05) is 6.21 Å². The highest BCUT2D eigenvalue weighted by atomic mass is 79.9. The highest BCUT2D eigenvalue weighted by molar-refractivity contribution is 9.09. The van der Waals surface area contributed by atoms with Gasteiger partial charge < -0.3 is 0 Å². The highest BCUT2D eigenvalue weighted by Crippen LogP contribution is 1.89. The quantitative estimate of drug-likeness (QED) is 0.368. The first-order chi connectivity index (χ1) is 4.27. The molecule has 0 aliphatic heterocycles. The minimum Gasteiger partial charge on any atom is -0.297 e.